The van der Waals surface area contributed by atoms with Gasteiger partial charge in [-0.3, -0.25) is 19.7 Å². The van der Waals surface area contributed by atoms with Crippen molar-refractivity contribution in [2.75, 3.05) is 13.1 Å². The maximum atomic E-state index is 13.5. The Balaban J connectivity index is 1.36. The molecular weight excluding hydrogens is 464 g/mol. The molecule has 0 bridgehead atoms. The average Bonchev–Trinajstić information content (AvgIpc) is 3.57. The molecule has 2 aliphatic rings. The summed E-state index contributed by atoms with van der Waals surface area (Å²) in [7, 11) is 0. The van der Waals surface area contributed by atoms with Crippen molar-refractivity contribution in [2.24, 2.45) is 5.73 Å². The summed E-state index contributed by atoms with van der Waals surface area (Å²) >= 11 is 0. The fourth-order valence-electron chi connectivity index (χ4n) is 4.89. The number of non-ortho nitro benzene ring substituents is 1. The molecule has 2 N–H and O–H groups in total. The van der Waals surface area contributed by atoms with Crippen molar-refractivity contribution in [3.63, 3.8) is 0 Å². The summed E-state index contributed by atoms with van der Waals surface area (Å²) < 4.78 is 5.43. The second-order valence-corrected chi connectivity index (χ2v) is 9.21. The van der Waals surface area contributed by atoms with Crippen LogP contribution in [0.4, 0.5) is 5.69 Å². The standard InChI is InChI=1S/C26H30N4O6/c27-21(16-18-6-2-1-3-7-18)24(31)28-14-4-8-22(28)25(32)29-15-5-9-23(29)26(33)36-17-19-10-12-20(13-11-19)30(34)35/h1-3,6-7,10-13,21-23H,4-5,8-9,14-17,27H2/t21-,22-,23-/m0/s1. The molecule has 2 heterocycles. The Kier molecular flexibility index (Phi) is 7.94. The summed E-state index contributed by atoms with van der Waals surface area (Å²) in [6.45, 7) is 0.837. The van der Waals surface area contributed by atoms with Crippen molar-refractivity contribution in [1.29, 1.82) is 0 Å². The number of nitro benzene ring substituents is 1. The van der Waals surface area contributed by atoms with Crippen LogP contribution in [0.2, 0.25) is 0 Å². The predicted octanol–water partition coefficient (Wildman–Crippen LogP) is 2.19. The first-order valence-corrected chi connectivity index (χ1v) is 12.2. The lowest BCUT2D eigenvalue weighted by atomic mass is 10.0. The Morgan fingerprint density at radius 1 is 0.944 bits per heavy atom. The second-order valence-electron chi connectivity index (χ2n) is 9.21. The molecule has 0 radical (unpaired) electrons. The van der Waals surface area contributed by atoms with Gasteiger partial charge in [-0.2, -0.15) is 0 Å². The van der Waals surface area contributed by atoms with Crippen LogP contribution >= 0.6 is 0 Å². The lowest BCUT2D eigenvalue weighted by Crippen LogP contribution is -2.54. The molecule has 10 nitrogen and oxygen atoms in total. The second kappa shape index (κ2) is 11.3. The van der Waals surface area contributed by atoms with Crippen LogP contribution in [-0.4, -0.2) is 63.7 Å². The molecule has 0 spiro atoms. The molecule has 36 heavy (non-hydrogen) atoms. The van der Waals surface area contributed by atoms with E-state index in [1.165, 1.54) is 29.2 Å². The van der Waals surface area contributed by atoms with E-state index in [0.717, 1.165) is 5.56 Å². The van der Waals surface area contributed by atoms with Crippen molar-refractivity contribution >= 4 is 23.5 Å². The summed E-state index contributed by atoms with van der Waals surface area (Å²) in [5, 5.41) is 10.8. The molecular formula is C26H30N4O6. The Morgan fingerprint density at radius 2 is 1.58 bits per heavy atom. The fraction of sp³-hybridized carbons (Fsp3) is 0.423. The Labute approximate surface area is 209 Å². The normalized spacial score (nSPS) is 20.2. The number of amides is 2. The molecule has 2 aromatic carbocycles. The van der Waals surface area contributed by atoms with Gasteiger partial charge in [0.05, 0.1) is 11.0 Å². The number of hydrogen-bond donors (Lipinski definition) is 1. The molecule has 0 unspecified atom stereocenters. The van der Waals surface area contributed by atoms with Crippen LogP contribution in [0.15, 0.2) is 54.6 Å². The van der Waals surface area contributed by atoms with Gasteiger partial charge in [-0.05, 0) is 55.4 Å². The fourth-order valence-corrected chi connectivity index (χ4v) is 4.89. The number of ether oxygens (including phenoxy) is 1. The number of esters is 1. The van der Waals surface area contributed by atoms with Crippen molar-refractivity contribution < 1.29 is 24.0 Å². The number of rotatable bonds is 8. The smallest absolute Gasteiger partial charge is 0.329 e. The van der Waals surface area contributed by atoms with E-state index in [1.54, 1.807) is 4.90 Å². The third-order valence-electron chi connectivity index (χ3n) is 6.77. The number of nitro groups is 1. The van der Waals surface area contributed by atoms with Crippen LogP contribution in [0.5, 0.6) is 0 Å². The highest BCUT2D eigenvalue weighted by Gasteiger charge is 2.43. The number of hydrogen-bond acceptors (Lipinski definition) is 7. The highest BCUT2D eigenvalue weighted by Crippen LogP contribution is 2.26. The Morgan fingerprint density at radius 3 is 2.25 bits per heavy atom. The van der Waals surface area contributed by atoms with Crippen LogP contribution in [-0.2, 0) is 32.1 Å². The zero-order valence-electron chi connectivity index (χ0n) is 20.0. The van der Waals surface area contributed by atoms with E-state index in [-0.39, 0.29) is 24.1 Å². The summed E-state index contributed by atoms with van der Waals surface area (Å²) in [5.74, 6) is -1.02. The quantitative estimate of drug-likeness (QED) is 0.337. The average molecular weight is 495 g/mol. The molecule has 2 saturated heterocycles. The molecule has 10 heteroatoms. The Bertz CT molecular complexity index is 1110. The molecule has 4 rings (SSSR count). The van der Waals surface area contributed by atoms with Gasteiger partial charge in [0, 0.05) is 25.2 Å². The van der Waals surface area contributed by atoms with E-state index >= 15 is 0 Å². The molecule has 2 aliphatic heterocycles. The lowest BCUT2D eigenvalue weighted by molar-refractivity contribution is -0.384. The summed E-state index contributed by atoms with van der Waals surface area (Å²) in [4.78, 5) is 52.8. The molecule has 2 fully saturated rings. The van der Waals surface area contributed by atoms with Crippen molar-refractivity contribution in [3.05, 3.63) is 75.8 Å². The van der Waals surface area contributed by atoms with Crippen LogP contribution in [0.25, 0.3) is 0 Å². The number of benzene rings is 2. The minimum atomic E-state index is -0.748. The molecule has 3 atom stereocenters. The minimum absolute atomic E-state index is 0.0439. The summed E-state index contributed by atoms with van der Waals surface area (Å²) in [5.41, 5.74) is 7.74. The summed E-state index contributed by atoms with van der Waals surface area (Å²) in [6, 6.07) is 13.2. The van der Waals surface area contributed by atoms with Crippen molar-refractivity contribution in [3.8, 4) is 0 Å². The lowest BCUT2D eigenvalue weighted by Gasteiger charge is -2.31. The van der Waals surface area contributed by atoms with Crippen LogP contribution in [0, 0.1) is 10.1 Å². The number of nitrogens with two attached hydrogens (primary N) is 1. The van der Waals surface area contributed by atoms with Crippen LogP contribution < -0.4 is 5.73 Å². The topological polar surface area (TPSA) is 136 Å². The third-order valence-corrected chi connectivity index (χ3v) is 6.77. The van der Waals surface area contributed by atoms with Gasteiger partial charge in [-0.1, -0.05) is 30.3 Å². The van der Waals surface area contributed by atoms with Gasteiger partial charge in [0.15, 0.2) is 0 Å². The third kappa shape index (κ3) is 5.71. The van der Waals surface area contributed by atoms with E-state index in [1.807, 2.05) is 30.3 Å². The summed E-state index contributed by atoms with van der Waals surface area (Å²) in [6.07, 6.45) is 2.77. The van der Waals surface area contributed by atoms with E-state index in [4.69, 9.17) is 10.5 Å². The van der Waals surface area contributed by atoms with Gasteiger partial charge in [-0.15, -0.1) is 0 Å². The largest absolute Gasteiger partial charge is 0.459 e. The van der Waals surface area contributed by atoms with Crippen LogP contribution in [0.3, 0.4) is 0 Å². The highest BCUT2D eigenvalue weighted by atomic mass is 16.6. The first-order chi connectivity index (χ1) is 17.3. The van der Waals surface area contributed by atoms with E-state index in [9.17, 15) is 24.5 Å². The van der Waals surface area contributed by atoms with Gasteiger partial charge in [0.25, 0.3) is 5.69 Å². The monoisotopic (exact) mass is 494 g/mol. The van der Waals surface area contributed by atoms with E-state index in [2.05, 4.69) is 0 Å². The van der Waals surface area contributed by atoms with E-state index < -0.39 is 29.0 Å². The molecule has 2 aromatic rings. The minimum Gasteiger partial charge on any atom is -0.459 e. The number of carbonyl (C=O) groups excluding carboxylic acids is 3. The number of nitrogens with zero attached hydrogens (tertiary/aromatic N) is 3. The van der Waals surface area contributed by atoms with Crippen LogP contribution in [0.1, 0.15) is 36.8 Å². The zero-order valence-corrected chi connectivity index (χ0v) is 20.0. The molecule has 0 aliphatic carbocycles. The number of carbonyl (C=O) groups is 3. The SMILES string of the molecule is N[C@@H](Cc1ccccc1)C(=O)N1CCC[C@H]1C(=O)N1CCC[C@H]1C(=O)OCc1ccc([N+](=O)[O-])cc1. The highest BCUT2D eigenvalue weighted by molar-refractivity contribution is 5.93. The van der Waals surface area contributed by atoms with Crippen molar-refractivity contribution in [1.82, 2.24) is 9.80 Å². The van der Waals surface area contributed by atoms with Gasteiger partial charge >= 0.3 is 5.97 Å². The van der Waals surface area contributed by atoms with Gasteiger partial charge < -0.3 is 20.3 Å². The van der Waals surface area contributed by atoms with Crippen molar-refractivity contribution in [2.45, 2.75) is 56.8 Å². The molecule has 2 amide bonds. The first-order valence-electron chi connectivity index (χ1n) is 12.2. The number of likely N-dealkylation sites (tertiary alicyclic amines) is 2. The maximum absolute atomic E-state index is 13.5. The van der Waals surface area contributed by atoms with Gasteiger partial charge in [0.1, 0.15) is 18.7 Å². The van der Waals surface area contributed by atoms with Gasteiger partial charge in [0.2, 0.25) is 11.8 Å². The maximum Gasteiger partial charge on any atom is 0.329 e. The first kappa shape index (κ1) is 25.3. The predicted molar refractivity (Wildman–Crippen MR) is 130 cm³/mol. The molecule has 190 valence electrons. The van der Waals surface area contributed by atoms with E-state index in [0.29, 0.717) is 50.8 Å². The molecule has 0 saturated carbocycles. The van der Waals surface area contributed by atoms with Gasteiger partial charge in [-0.25, -0.2) is 4.79 Å². The Hall–Kier alpha value is -3.79. The zero-order chi connectivity index (χ0) is 25.7. The molecule has 0 aromatic heterocycles.